The minimum absolute atomic E-state index is 0.184. The molecule has 1 heterocycles. The van der Waals surface area contributed by atoms with Crippen molar-refractivity contribution in [2.75, 3.05) is 6.54 Å². The molecule has 0 saturated heterocycles. The highest BCUT2D eigenvalue weighted by atomic mass is 35.5. The predicted molar refractivity (Wildman–Crippen MR) is 58.0 cm³/mol. The Hall–Kier alpha value is -0.730. The van der Waals surface area contributed by atoms with Crippen molar-refractivity contribution in [2.24, 2.45) is 0 Å². The molecule has 1 N–H and O–H groups in total. The number of likely N-dealkylation sites (N-methyl/N-ethyl adjacent to an activating group) is 1. The SMILES string of the molecule is CCNC1c2cc(Cl)ccc2OC1C. The summed E-state index contributed by atoms with van der Waals surface area (Å²) in [6.45, 7) is 5.10. The molecule has 0 radical (unpaired) electrons. The lowest BCUT2D eigenvalue weighted by atomic mass is 10.0. The van der Waals surface area contributed by atoms with Crippen molar-refractivity contribution in [2.45, 2.75) is 26.0 Å². The maximum Gasteiger partial charge on any atom is 0.124 e. The Bertz CT molecular complexity index is 340. The Kier molecular flexibility index (Phi) is 2.66. The lowest BCUT2D eigenvalue weighted by Gasteiger charge is -2.15. The second kappa shape index (κ2) is 3.79. The predicted octanol–water partition coefficient (Wildman–Crippen LogP) is 2.77. The van der Waals surface area contributed by atoms with Crippen molar-refractivity contribution < 1.29 is 4.74 Å². The molecule has 2 unspecified atom stereocenters. The second-order valence-corrected chi connectivity index (χ2v) is 3.98. The van der Waals surface area contributed by atoms with E-state index in [2.05, 4.69) is 19.2 Å². The third kappa shape index (κ3) is 1.60. The van der Waals surface area contributed by atoms with Crippen LogP contribution in [0.4, 0.5) is 0 Å². The summed E-state index contributed by atoms with van der Waals surface area (Å²) < 4.78 is 5.71. The van der Waals surface area contributed by atoms with Gasteiger partial charge in [0.15, 0.2) is 0 Å². The molecule has 1 aliphatic rings. The highest BCUT2D eigenvalue weighted by Gasteiger charge is 2.30. The van der Waals surface area contributed by atoms with E-state index in [1.165, 1.54) is 5.56 Å². The van der Waals surface area contributed by atoms with E-state index in [1.54, 1.807) is 0 Å². The van der Waals surface area contributed by atoms with Crippen LogP contribution in [0.2, 0.25) is 5.02 Å². The first-order valence-corrected chi connectivity index (χ1v) is 5.29. The van der Waals surface area contributed by atoms with E-state index >= 15 is 0 Å². The molecule has 14 heavy (non-hydrogen) atoms. The molecule has 2 rings (SSSR count). The summed E-state index contributed by atoms with van der Waals surface area (Å²) in [6.07, 6.45) is 0.184. The molecule has 0 bridgehead atoms. The smallest absolute Gasteiger partial charge is 0.124 e. The maximum atomic E-state index is 5.95. The van der Waals surface area contributed by atoms with Crippen molar-refractivity contribution in [1.29, 1.82) is 0 Å². The van der Waals surface area contributed by atoms with Crippen molar-refractivity contribution in [3.05, 3.63) is 28.8 Å². The Morgan fingerprint density at radius 3 is 3.00 bits per heavy atom. The summed E-state index contributed by atoms with van der Waals surface area (Å²) in [7, 11) is 0. The molecular formula is C11H14ClNO. The van der Waals surface area contributed by atoms with Crippen LogP contribution in [0, 0.1) is 0 Å². The van der Waals surface area contributed by atoms with Crippen LogP contribution in [0.1, 0.15) is 25.5 Å². The van der Waals surface area contributed by atoms with Gasteiger partial charge in [-0.05, 0) is 31.7 Å². The molecule has 0 aromatic heterocycles. The third-order valence-electron chi connectivity index (χ3n) is 2.51. The number of nitrogens with one attached hydrogen (secondary N) is 1. The summed E-state index contributed by atoms with van der Waals surface area (Å²) in [5.74, 6) is 0.952. The van der Waals surface area contributed by atoms with Gasteiger partial charge >= 0.3 is 0 Å². The lowest BCUT2D eigenvalue weighted by molar-refractivity contribution is 0.211. The van der Waals surface area contributed by atoms with E-state index in [9.17, 15) is 0 Å². The van der Waals surface area contributed by atoms with Gasteiger partial charge < -0.3 is 10.1 Å². The van der Waals surface area contributed by atoms with Crippen molar-refractivity contribution in [1.82, 2.24) is 5.32 Å². The summed E-state index contributed by atoms with van der Waals surface area (Å²) in [5.41, 5.74) is 1.17. The normalized spacial score (nSPS) is 24.5. The quantitative estimate of drug-likeness (QED) is 0.813. The molecule has 0 amide bonds. The molecule has 3 heteroatoms. The molecule has 0 aliphatic carbocycles. The van der Waals surface area contributed by atoms with Crippen LogP contribution in [-0.2, 0) is 0 Å². The van der Waals surface area contributed by atoms with E-state index < -0.39 is 0 Å². The fourth-order valence-corrected chi connectivity index (χ4v) is 2.07. The zero-order valence-electron chi connectivity index (χ0n) is 8.38. The minimum Gasteiger partial charge on any atom is -0.488 e. The van der Waals surface area contributed by atoms with Crippen molar-refractivity contribution in [3.8, 4) is 5.75 Å². The van der Waals surface area contributed by atoms with Crippen LogP contribution in [-0.4, -0.2) is 12.6 Å². The molecule has 1 aromatic rings. The van der Waals surface area contributed by atoms with Gasteiger partial charge in [-0.25, -0.2) is 0 Å². The van der Waals surface area contributed by atoms with Crippen LogP contribution < -0.4 is 10.1 Å². The summed E-state index contributed by atoms with van der Waals surface area (Å²) in [6, 6.07) is 6.05. The van der Waals surface area contributed by atoms with Gasteiger partial charge in [0.1, 0.15) is 11.9 Å². The number of fused-ring (bicyclic) bond motifs is 1. The van der Waals surface area contributed by atoms with Crippen LogP contribution in [0.15, 0.2) is 18.2 Å². The van der Waals surface area contributed by atoms with E-state index in [4.69, 9.17) is 16.3 Å². The minimum atomic E-state index is 0.184. The molecule has 76 valence electrons. The number of ether oxygens (including phenoxy) is 1. The number of hydrogen-bond donors (Lipinski definition) is 1. The fourth-order valence-electron chi connectivity index (χ4n) is 1.89. The summed E-state index contributed by atoms with van der Waals surface area (Å²) in [4.78, 5) is 0. The number of rotatable bonds is 2. The van der Waals surface area contributed by atoms with Crippen LogP contribution in [0.25, 0.3) is 0 Å². The van der Waals surface area contributed by atoms with Gasteiger partial charge in [-0.2, -0.15) is 0 Å². The van der Waals surface area contributed by atoms with E-state index in [1.807, 2.05) is 18.2 Å². The Morgan fingerprint density at radius 2 is 2.29 bits per heavy atom. The van der Waals surface area contributed by atoms with Gasteiger partial charge in [-0.15, -0.1) is 0 Å². The van der Waals surface area contributed by atoms with Crippen LogP contribution in [0.5, 0.6) is 5.75 Å². The van der Waals surface area contributed by atoms with Gasteiger partial charge in [0.2, 0.25) is 0 Å². The Balaban J connectivity index is 2.34. The average Bonchev–Trinajstić information content (AvgIpc) is 2.45. The zero-order chi connectivity index (χ0) is 10.1. The molecule has 0 fully saturated rings. The van der Waals surface area contributed by atoms with E-state index in [-0.39, 0.29) is 12.1 Å². The van der Waals surface area contributed by atoms with Crippen LogP contribution >= 0.6 is 11.6 Å². The highest BCUT2D eigenvalue weighted by molar-refractivity contribution is 6.30. The monoisotopic (exact) mass is 211 g/mol. The first-order valence-electron chi connectivity index (χ1n) is 4.92. The Labute approximate surface area is 89.2 Å². The zero-order valence-corrected chi connectivity index (χ0v) is 9.14. The lowest BCUT2D eigenvalue weighted by Crippen LogP contribution is -2.28. The first-order chi connectivity index (χ1) is 6.72. The molecular weight excluding hydrogens is 198 g/mol. The number of halogens is 1. The topological polar surface area (TPSA) is 21.3 Å². The van der Waals surface area contributed by atoms with E-state index in [0.29, 0.717) is 0 Å². The van der Waals surface area contributed by atoms with Crippen LogP contribution in [0.3, 0.4) is 0 Å². The van der Waals surface area contributed by atoms with Gasteiger partial charge in [0, 0.05) is 10.6 Å². The average molecular weight is 212 g/mol. The molecule has 2 atom stereocenters. The third-order valence-corrected chi connectivity index (χ3v) is 2.75. The summed E-state index contributed by atoms with van der Waals surface area (Å²) in [5, 5.41) is 4.16. The second-order valence-electron chi connectivity index (χ2n) is 3.54. The number of benzene rings is 1. The molecule has 0 spiro atoms. The molecule has 1 aromatic carbocycles. The van der Waals surface area contributed by atoms with Crippen molar-refractivity contribution >= 4 is 11.6 Å². The van der Waals surface area contributed by atoms with Crippen molar-refractivity contribution in [3.63, 3.8) is 0 Å². The van der Waals surface area contributed by atoms with E-state index in [0.717, 1.165) is 17.3 Å². The van der Waals surface area contributed by atoms with Gasteiger partial charge in [-0.3, -0.25) is 0 Å². The highest BCUT2D eigenvalue weighted by Crippen LogP contribution is 2.37. The largest absolute Gasteiger partial charge is 0.488 e. The number of hydrogen-bond acceptors (Lipinski definition) is 2. The molecule has 1 aliphatic heterocycles. The Morgan fingerprint density at radius 1 is 1.50 bits per heavy atom. The standard InChI is InChI=1S/C11H14ClNO/c1-3-13-11-7(2)14-10-5-4-8(12)6-9(10)11/h4-7,11,13H,3H2,1-2H3. The molecule has 0 saturated carbocycles. The first kappa shape index (κ1) is 9.81. The maximum absolute atomic E-state index is 5.95. The van der Waals surface area contributed by atoms with Gasteiger partial charge in [-0.1, -0.05) is 18.5 Å². The van der Waals surface area contributed by atoms with Gasteiger partial charge in [0.25, 0.3) is 0 Å². The fraction of sp³-hybridized carbons (Fsp3) is 0.455. The molecule has 2 nitrogen and oxygen atoms in total. The summed E-state index contributed by atoms with van der Waals surface area (Å²) >= 11 is 5.95. The van der Waals surface area contributed by atoms with Gasteiger partial charge in [0.05, 0.1) is 6.04 Å².